The molecule has 1 aromatic rings. The molecule has 1 aliphatic rings. The van der Waals surface area contributed by atoms with Crippen LogP contribution in [0, 0.1) is 5.92 Å². The molecule has 96 valence electrons. The molecule has 0 aromatic heterocycles. The predicted molar refractivity (Wildman–Crippen MR) is 68.4 cm³/mol. The number of ketones is 1. The van der Waals surface area contributed by atoms with E-state index in [1.807, 2.05) is 30.3 Å². The molecule has 3 heteroatoms. The van der Waals surface area contributed by atoms with E-state index in [4.69, 9.17) is 5.11 Å². The van der Waals surface area contributed by atoms with Gasteiger partial charge in [0.2, 0.25) is 5.78 Å². The second-order valence-corrected chi connectivity index (χ2v) is 4.96. The number of carboxylic acids is 1. The molecule has 0 aliphatic heterocycles. The number of hydrogen-bond donors (Lipinski definition) is 1. The van der Waals surface area contributed by atoms with Gasteiger partial charge in [0.1, 0.15) is 0 Å². The van der Waals surface area contributed by atoms with Gasteiger partial charge < -0.3 is 5.11 Å². The number of Topliss-reactive ketones (excluding diaryl/α,β-unsaturated/α-hetero) is 1. The van der Waals surface area contributed by atoms with Crippen molar-refractivity contribution in [2.75, 3.05) is 0 Å². The highest BCUT2D eigenvalue weighted by atomic mass is 16.4. The summed E-state index contributed by atoms with van der Waals surface area (Å²) in [5.74, 6) is -2.25. The van der Waals surface area contributed by atoms with E-state index in [9.17, 15) is 9.59 Å². The normalized spacial score (nSPS) is 18.2. The first-order chi connectivity index (χ1) is 8.70. The summed E-state index contributed by atoms with van der Waals surface area (Å²) < 4.78 is 0. The zero-order chi connectivity index (χ0) is 13.0. The van der Waals surface area contributed by atoms with Crippen LogP contribution in [0.25, 0.3) is 0 Å². The largest absolute Gasteiger partial charge is 0.475 e. The summed E-state index contributed by atoms with van der Waals surface area (Å²) in [6.45, 7) is 0. The quantitative estimate of drug-likeness (QED) is 0.831. The van der Waals surface area contributed by atoms with Crippen LogP contribution in [0.15, 0.2) is 30.3 Å². The lowest BCUT2D eigenvalue weighted by molar-refractivity contribution is -0.150. The zero-order valence-corrected chi connectivity index (χ0v) is 10.3. The van der Waals surface area contributed by atoms with Crippen LogP contribution in [0.3, 0.4) is 0 Å². The van der Waals surface area contributed by atoms with Crippen LogP contribution in [-0.4, -0.2) is 16.9 Å². The smallest absolute Gasteiger partial charge is 0.372 e. The molecule has 0 spiro atoms. The fourth-order valence-corrected chi connectivity index (χ4v) is 2.90. The van der Waals surface area contributed by atoms with Crippen LogP contribution in [-0.2, 0) is 9.59 Å². The summed E-state index contributed by atoms with van der Waals surface area (Å²) in [5.41, 5.74) is 0.844. The Balaban J connectivity index is 2.28. The fraction of sp³-hybridized carbons (Fsp3) is 0.467. The molecule has 1 unspecified atom stereocenters. The Bertz CT molecular complexity index is 419. The molecule has 1 atom stereocenters. The highest BCUT2D eigenvalue weighted by Gasteiger charge is 2.34. The van der Waals surface area contributed by atoms with Crippen molar-refractivity contribution < 1.29 is 14.7 Å². The lowest BCUT2D eigenvalue weighted by Gasteiger charge is -2.28. The van der Waals surface area contributed by atoms with Crippen LogP contribution in [0.5, 0.6) is 0 Å². The average Bonchev–Trinajstić information content (AvgIpc) is 2.41. The number of hydrogen-bond acceptors (Lipinski definition) is 2. The second-order valence-electron chi connectivity index (χ2n) is 4.96. The number of rotatable bonds is 4. The molecule has 1 saturated carbocycles. The Morgan fingerprint density at radius 2 is 1.67 bits per heavy atom. The topological polar surface area (TPSA) is 54.4 Å². The van der Waals surface area contributed by atoms with E-state index < -0.39 is 17.7 Å². The third-order valence-corrected chi connectivity index (χ3v) is 3.77. The molecule has 0 amide bonds. The maximum atomic E-state index is 11.9. The first-order valence-electron chi connectivity index (χ1n) is 6.52. The van der Waals surface area contributed by atoms with Gasteiger partial charge in [0.15, 0.2) is 0 Å². The third-order valence-electron chi connectivity index (χ3n) is 3.77. The van der Waals surface area contributed by atoms with Gasteiger partial charge in [-0.15, -0.1) is 0 Å². The molecule has 0 saturated heterocycles. The van der Waals surface area contributed by atoms with Gasteiger partial charge in [-0.3, -0.25) is 4.79 Å². The van der Waals surface area contributed by atoms with E-state index in [1.165, 1.54) is 6.42 Å². The molecule has 0 bridgehead atoms. The first-order valence-corrected chi connectivity index (χ1v) is 6.52. The molecule has 1 N–H and O–H groups in total. The van der Waals surface area contributed by atoms with Crippen LogP contribution in [0.2, 0.25) is 0 Å². The standard InChI is InChI=1S/C15H18O3/c16-14(15(17)18)13(11-7-3-1-4-8-11)12-9-5-2-6-10-12/h1,3-4,7-8,12-13H,2,5-6,9-10H2,(H,17,18). The van der Waals surface area contributed by atoms with Gasteiger partial charge in [0.05, 0.1) is 5.92 Å². The summed E-state index contributed by atoms with van der Waals surface area (Å²) in [6.07, 6.45) is 5.30. The number of carbonyl (C=O) groups excluding carboxylic acids is 1. The van der Waals surface area contributed by atoms with Gasteiger partial charge in [-0.05, 0) is 24.3 Å². The van der Waals surface area contributed by atoms with Crippen LogP contribution < -0.4 is 0 Å². The number of aliphatic carboxylic acids is 1. The van der Waals surface area contributed by atoms with Crippen molar-refractivity contribution in [3.63, 3.8) is 0 Å². The van der Waals surface area contributed by atoms with Crippen molar-refractivity contribution in [3.05, 3.63) is 35.9 Å². The highest BCUT2D eigenvalue weighted by Crippen LogP contribution is 2.36. The molecule has 1 fully saturated rings. The maximum Gasteiger partial charge on any atom is 0.372 e. The average molecular weight is 246 g/mol. The van der Waals surface area contributed by atoms with E-state index >= 15 is 0 Å². The van der Waals surface area contributed by atoms with E-state index in [1.54, 1.807) is 0 Å². The van der Waals surface area contributed by atoms with Crippen molar-refractivity contribution in [3.8, 4) is 0 Å². The SMILES string of the molecule is O=C(O)C(=O)C(c1ccccc1)C1CCCCC1. The molecule has 3 nitrogen and oxygen atoms in total. The molecule has 1 aliphatic carbocycles. The van der Waals surface area contributed by atoms with Gasteiger partial charge in [-0.25, -0.2) is 4.79 Å². The minimum atomic E-state index is -1.31. The highest BCUT2D eigenvalue weighted by molar-refractivity contribution is 6.35. The number of carboxylic acid groups (broad SMARTS) is 1. The van der Waals surface area contributed by atoms with E-state index in [0.717, 1.165) is 31.2 Å². The molecule has 2 rings (SSSR count). The molecular formula is C15H18O3. The van der Waals surface area contributed by atoms with Crippen LogP contribution in [0.4, 0.5) is 0 Å². The van der Waals surface area contributed by atoms with Crippen molar-refractivity contribution >= 4 is 11.8 Å². The van der Waals surface area contributed by atoms with E-state index in [-0.39, 0.29) is 5.92 Å². The summed E-state index contributed by atoms with van der Waals surface area (Å²) in [4.78, 5) is 23.0. The van der Waals surface area contributed by atoms with Crippen molar-refractivity contribution in [1.29, 1.82) is 0 Å². The van der Waals surface area contributed by atoms with Gasteiger partial charge in [-0.2, -0.15) is 0 Å². The van der Waals surface area contributed by atoms with E-state index in [2.05, 4.69) is 0 Å². The van der Waals surface area contributed by atoms with Gasteiger partial charge in [0.25, 0.3) is 0 Å². The van der Waals surface area contributed by atoms with E-state index in [0.29, 0.717) is 0 Å². The Kier molecular flexibility index (Phi) is 4.13. The maximum absolute atomic E-state index is 11.9. The Morgan fingerprint density at radius 3 is 2.22 bits per heavy atom. The number of carbonyl (C=O) groups is 2. The number of benzene rings is 1. The summed E-state index contributed by atoms with van der Waals surface area (Å²) in [6, 6.07) is 9.33. The van der Waals surface area contributed by atoms with Gasteiger partial charge in [0, 0.05) is 0 Å². The van der Waals surface area contributed by atoms with Gasteiger partial charge in [-0.1, -0.05) is 49.6 Å². The van der Waals surface area contributed by atoms with Crippen molar-refractivity contribution in [2.24, 2.45) is 5.92 Å². The second kappa shape index (κ2) is 5.80. The third kappa shape index (κ3) is 2.78. The molecule has 1 aromatic carbocycles. The summed E-state index contributed by atoms with van der Waals surface area (Å²) >= 11 is 0. The first kappa shape index (κ1) is 12.8. The molecule has 0 heterocycles. The Labute approximate surface area is 107 Å². The lowest BCUT2D eigenvalue weighted by atomic mass is 9.75. The van der Waals surface area contributed by atoms with Crippen molar-refractivity contribution in [1.82, 2.24) is 0 Å². The van der Waals surface area contributed by atoms with Gasteiger partial charge >= 0.3 is 5.97 Å². The summed E-state index contributed by atoms with van der Waals surface area (Å²) in [7, 11) is 0. The Hall–Kier alpha value is -1.64. The molecule has 18 heavy (non-hydrogen) atoms. The molecular weight excluding hydrogens is 228 g/mol. The minimum Gasteiger partial charge on any atom is -0.475 e. The van der Waals surface area contributed by atoms with Crippen LogP contribution >= 0.6 is 0 Å². The zero-order valence-electron chi connectivity index (χ0n) is 10.3. The Morgan fingerprint density at radius 1 is 1.06 bits per heavy atom. The van der Waals surface area contributed by atoms with Crippen molar-refractivity contribution in [2.45, 2.75) is 38.0 Å². The fourth-order valence-electron chi connectivity index (χ4n) is 2.90. The monoisotopic (exact) mass is 246 g/mol. The molecule has 0 radical (unpaired) electrons. The lowest BCUT2D eigenvalue weighted by Crippen LogP contribution is -2.29. The van der Waals surface area contributed by atoms with Crippen LogP contribution in [0.1, 0.15) is 43.6 Å². The summed E-state index contributed by atoms with van der Waals surface area (Å²) in [5, 5.41) is 8.99. The minimum absolute atomic E-state index is 0.185. The predicted octanol–water partition coefficient (Wildman–Crippen LogP) is 3.00.